The van der Waals surface area contributed by atoms with Crippen LogP contribution in [0, 0.1) is 5.92 Å². The molecule has 3 amide bonds. The molecule has 4 aliphatic heterocycles. The van der Waals surface area contributed by atoms with Crippen LogP contribution >= 0.6 is 11.8 Å². The number of unbranched alkanes of at least 4 members (excludes halogenated alkanes) is 1. The number of rotatable bonds is 8. The first-order chi connectivity index (χ1) is 15.6. The molecule has 0 aliphatic carbocycles. The fourth-order valence-corrected chi connectivity index (χ4v) is 7.44. The number of aromatic nitrogens is 1. The van der Waals surface area contributed by atoms with E-state index in [0.29, 0.717) is 30.1 Å². The van der Waals surface area contributed by atoms with Crippen molar-refractivity contribution in [1.29, 1.82) is 0 Å². The fourth-order valence-electron chi connectivity index (χ4n) is 5.89. The number of likely N-dealkylation sites (tertiary alicyclic amines) is 1. The van der Waals surface area contributed by atoms with Gasteiger partial charge in [0.25, 0.3) is 5.56 Å². The Bertz CT molecular complexity index is 921. The Kier molecular flexibility index (Phi) is 6.46. The summed E-state index contributed by atoms with van der Waals surface area (Å²) in [6, 6.07) is 6.10. The fraction of sp³-hybridized carbons (Fsp3) is 0.696. The SMILES string of the molecule is O=C(CCCCC1SCC2NC(=O)NC21)NCCN1CC2CC(C1)c1cccc(=O)n1C2. The molecule has 2 bridgehead atoms. The largest absolute Gasteiger partial charge is 0.355 e. The highest BCUT2D eigenvalue weighted by molar-refractivity contribution is 8.00. The quantitative estimate of drug-likeness (QED) is 0.400. The van der Waals surface area contributed by atoms with E-state index in [1.165, 1.54) is 5.69 Å². The smallest absolute Gasteiger partial charge is 0.315 e. The number of piperidine rings is 1. The highest BCUT2D eigenvalue weighted by Crippen LogP contribution is 2.35. The van der Waals surface area contributed by atoms with Gasteiger partial charge in [0.15, 0.2) is 0 Å². The standard InChI is InChI=1S/C23H33N5O3S/c29-20(6-2-1-5-19-22-17(14-32-19)25-23(31)26-22)24-8-9-27-11-15-10-16(13-27)18-4-3-7-21(30)28(18)12-15/h3-4,7,15-17,19,22H,1-2,5-6,8-14H2,(H,24,29)(H2,25,26,31). The van der Waals surface area contributed by atoms with Gasteiger partial charge >= 0.3 is 6.03 Å². The van der Waals surface area contributed by atoms with Gasteiger partial charge in [0.1, 0.15) is 0 Å². The summed E-state index contributed by atoms with van der Waals surface area (Å²) in [7, 11) is 0. The lowest BCUT2D eigenvalue weighted by Crippen LogP contribution is -2.48. The van der Waals surface area contributed by atoms with E-state index in [1.54, 1.807) is 6.07 Å². The van der Waals surface area contributed by atoms with Gasteiger partial charge < -0.3 is 25.4 Å². The number of pyridine rings is 1. The molecule has 1 aromatic heterocycles. The lowest BCUT2D eigenvalue weighted by Gasteiger charge is -2.42. The van der Waals surface area contributed by atoms with E-state index in [9.17, 15) is 14.4 Å². The summed E-state index contributed by atoms with van der Waals surface area (Å²) >= 11 is 1.93. The molecule has 0 saturated carbocycles. The van der Waals surface area contributed by atoms with E-state index in [0.717, 1.165) is 57.6 Å². The zero-order valence-corrected chi connectivity index (χ0v) is 19.2. The summed E-state index contributed by atoms with van der Waals surface area (Å²) < 4.78 is 1.96. The zero-order valence-electron chi connectivity index (χ0n) is 18.4. The highest BCUT2D eigenvalue weighted by atomic mass is 32.2. The number of carbonyl (C=O) groups is 2. The normalized spacial score (nSPS) is 30.9. The molecule has 0 aromatic carbocycles. The van der Waals surface area contributed by atoms with Crippen LogP contribution in [0.3, 0.4) is 0 Å². The summed E-state index contributed by atoms with van der Waals surface area (Å²) in [5.74, 6) is 2.05. The Hall–Kier alpha value is -2.00. The second kappa shape index (κ2) is 9.47. The summed E-state index contributed by atoms with van der Waals surface area (Å²) in [4.78, 5) is 38.3. The van der Waals surface area contributed by atoms with Gasteiger partial charge in [-0.15, -0.1) is 0 Å². The van der Waals surface area contributed by atoms with E-state index in [-0.39, 0.29) is 29.6 Å². The Balaban J connectivity index is 0.987. The van der Waals surface area contributed by atoms with Crippen molar-refractivity contribution in [2.24, 2.45) is 5.92 Å². The van der Waals surface area contributed by atoms with Crippen LogP contribution in [0.2, 0.25) is 0 Å². The van der Waals surface area contributed by atoms with Gasteiger partial charge in [0, 0.05) is 67.8 Å². The number of carbonyl (C=O) groups excluding carboxylic acids is 2. The van der Waals surface area contributed by atoms with Crippen molar-refractivity contribution in [2.75, 3.05) is 31.9 Å². The maximum Gasteiger partial charge on any atom is 0.315 e. The molecule has 4 aliphatic rings. The molecule has 0 spiro atoms. The highest BCUT2D eigenvalue weighted by Gasteiger charge is 2.42. The van der Waals surface area contributed by atoms with Crippen molar-refractivity contribution in [3.63, 3.8) is 0 Å². The molecule has 3 fully saturated rings. The zero-order chi connectivity index (χ0) is 22.1. The Labute approximate surface area is 192 Å². The van der Waals surface area contributed by atoms with Crippen molar-refractivity contribution in [3.8, 4) is 0 Å². The third kappa shape index (κ3) is 4.69. The number of fused-ring (bicyclic) bond motifs is 5. The monoisotopic (exact) mass is 459 g/mol. The van der Waals surface area contributed by atoms with Gasteiger partial charge in [-0.1, -0.05) is 12.5 Å². The van der Waals surface area contributed by atoms with Gasteiger partial charge in [-0.05, 0) is 31.2 Å². The first-order valence-electron chi connectivity index (χ1n) is 11.9. The molecule has 174 valence electrons. The van der Waals surface area contributed by atoms with Crippen molar-refractivity contribution in [1.82, 2.24) is 25.4 Å². The third-order valence-corrected chi connectivity index (χ3v) is 8.89. The summed E-state index contributed by atoms with van der Waals surface area (Å²) in [5, 5.41) is 9.54. The molecule has 0 radical (unpaired) electrons. The van der Waals surface area contributed by atoms with Crippen LogP contribution in [0.4, 0.5) is 4.79 Å². The minimum Gasteiger partial charge on any atom is -0.355 e. The number of hydrogen-bond acceptors (Lipinski definition) is 5. The molecule has 3 N–H and O–H groups in total. The van der Waals surface area contributed by atoms with Crippen LogP contribution in [-0.2, 0) is 11.3 Å². The van der Waals surface area contributed by atoms with Crippen LogP contribution in [0.1, 0.15) is 43.7 Å². The average molecular weight is 460 g/mol. The number of nitrogens with zero attached hydrogens (tertiary/aromatic N) is 2. The molecule has 8 nitrogen and oxygen atoms in total. The number of urea groups is 1. The van der Waals surface area contributed by atoms with Crippen molar-refractivity contribution < 1.29 is 9.59 Å². The van der Waals surface area contributed by atoms with Crippen molar-refractivity contribution >= 4 is 23.7 Å². The molecule has 5 heterocycles. The van der Waals surface area contributed by atoms with Crippen LogP contribution in [0.25, 0.3) is 0 Å². The van der Waals surface area contributed by atoms with Gasteiger partial charge in [-0.2, -0.15) is 11.8 Å². The Morgan fingerprint density at radius 1 is 1.16 bits per heavy atom. The second-order valence-electron chi connectivity index (χ2n) is 9.68. The number of hydrogen-bond donors (Lipinski definition) is 3. The predicted molar refractivity (Wildman–Crippen MR) is 125 cm³/mol. The van der Waals surface area contributed by atoms with E-state index in [1.807, 2.05) is 22.4 Å². The lowest BCUT2D eigenvalue weighted by atomic mass is 9.83. The predicted octanol–water partition coefficient (Wildman–Crippen LogP) is 1.11. The first-order valence-corrected chi connectivity index (χ1v) is 13.0. The minimum atomic E-state index is -0.0415. The number of nitrogens with one attached hydrogen (secondary N) is 3. The van der Waals surface area contributed by atoms with Crippen LogP contribution in [0.5, 0.6) is 0 Å². The van der Waals surface area contributed by atoms with Gasteiger partial charge in [0.2, 0.25) is 5.91 Å². The van der Waals surface area contributed by atoms with E-state index in [2.05, 4.69) is 26.9 Å². The summed E-state index contributed by atoms with van der Waals surface area (Å²) in [6.07, 6.45) is 4.67. The van der Waals surface area contributed by atoms with E-state index in [4.69, 9.17) is 0 Å². The lowest BCUT2D eigenvalue weighted by molar-refractivity contribution is -0.121. The number of thioether (sulfide) groups is 1. The number of amides is 3. The second-order valence-corrected chi connectivity index (χ2v) is 10.9. The molecule has 3 saturated heterocycles. The van der Waals surface area contributed by atoms with Gasteiger partial charge in [-0.25, -0.2) is 4.79 Å². The maximum atomic E-state index is 12.3. The summed E-state index contributed by atoms with van der Waals surface area (Å²) in [5.41, 5.74) is 1.29. The van der Waals surface area contributed by atoms with Gasteiger partial charge in [-0.3, -0.25) is 9.59 Å². The van der Waals surface area contributed by atoms with E-state index < -0.39 is 0 Å². The molecule has 5 unspecified atom stereocenters. The van der Waals surface area contributed by atoms with Crippen molar-refractivity contribution in [2.45, 2.75) is 61.9 Å². The minimum absolute atomic E-state index is 0.0415. The van der Waals surface area contributed by atoms with Crippen LogP contribution < -0.4 is 21.5 Å². The molecule has 1 aromatic rings. The van der Waals surface area contributed by atoms with Crippen LogP contribution in [0.15, 0.2) is 23.0 Å². The Morgan fingerprint density at radius 3 is 2.97 bits per heavy atom. The summed E-state index contributed by atoms with van der Waals surface area (Å²) in [6.45, 7) is 4.32. The molecule has 5 rings (SSSR count). The molecular formula is C23H33N5O3S. The van der Waals surface area contributed by atoms with Gasteiger partial charge in [0.05, 0.1) is 12.1 Å². The molecule has 32 heavy (non-hydrogen) atoms. The molecule has 5 atom stereocenters. The average Bonchev–Trinajstić information content (AvgIpc) is 3.31. The molecular weight excluding hydrogens is 426 g/mol. The Morgan fingerprint density at radius 2 is 2.06 bits per heavy atom. The van der Waals surface area contributed by atoms with Crippen LogP contribution in [-0.4, -0.2) is 70.7 Å². The third-order valence-electron chi connectivity index (χ3n) is 7.39. The van der Waals surface area contributed by atoms with Crippen molar-refractivity contribution in [3.05, 3.63) is 34.2 Å². The van der Waals surface area contributed by atoms with E-state index >= 15 is 0 Å². The maximum absolute atomic E-state index is 12.3. The topological polar surface area (TPSA) is 95.5 Å². The molecule has 9 heteroatoms. The first kappa shape index (κ1) is 21.8.